The predicted molar refractivity (Wildman–Crippen MR) is 71.7 cm³/mol. The van der Waals surface area contributed by atoms with Crippen LogP contribution in [0.1, 0.15) is 49.4 Å². The minimum Gasteiger partial charge on any atom is -0.363 e. The smallest absolute Gasteiger partial charge is 0.164 e. The summed E-state index contributed by atoms with van der Waals surface area (Å²) in [4.78, 5) is 18.0. The Bertz CT molecular complexity index is 344. The van der Waals surface area contributed by atoms with Gasteiger partial charge in [-0.25, -0.2) is 4.98 Å². The Morgan fingerprint density at radius 2 is 2.00 bits per heavy atom. The van der Waals surface area contributed by atoms with Crippen molar-refractivity contribution in [3.8, 4) is 0 Å². The Kier molecular flexibility index (Phi) is 5.67. The maximum atomic E-state index is 11.8. The number of aromatic nitrogens is 1. The minimum atomic E-state index is 0.207. The highest BCUT2D eigenvalue weighted by Gasteiger charge is 2.06. The average Bonchev–Trinajstić information content (AvgIpc) is 2.34. The minimum absolute atomic E-state index is 0.207. The molecule has 0 aliphatic heterocycles. The predicted octanol–water partition coefficient (Wildman–Crippen LogP) is 3.30. The summed E-state index contributed by atoms with van der Waals surface area (Å²) in [5.41, 5.74) is 0.729. The summed E-state index contributed by atoms with van der Waals surface area (Å²) in [6, 6.07) is 3.75. The monoisotopic (exact) mass is 234 g/mol. The molecule has 94 valence electrons. The zero-order chi connectivity index (χ0) is 12.7. The molecule has 0 saturated heterocycles. The van der Waals surface area contributed by atoms with Gasteiger partial charge in [-0.1, -0.05) is 26.2 Å². The molecule has 0 aliphatic carbocycles. The van der Waals surface area contributed by atoms with E-state index in [1.807, 2.05) is 31.1 Å². The van der Waals surface area contributed by atoms with Gasteiger partial charge in [-0.2, -0.15) is 0 Å². The molecule has 0 amide bonds. The number of carbonyl (C=O) groups excluding carboxylic acids is 1. The van der Waals surface area contributed by atoms with Crippen LogP contribution in [-0.4, -0.2) is 24.9 Å². The Morgan fingerprint density at radius 3 is 2.53 bits per heavy atom. The average molecular weight is 234 g/mol. The molecular weight excluding hydrogens is 212 g/mol. The lowest BCUT2D eigenvalue weighted by atomic mass is 10.1. The highest BCUT2D eigenvalue weighted by molar-refractivity contribution is 5.95. The number of hydrogen-bond donors (Lipinski definition) is 0. The van der Waals surface area contributed by atoms with Gasteiger partial charge >= 0.3 is 0 Å². The standard InChI is InChI=1S/C14H22N2O/c1-4-5-6-7-8-13(17)12-9-10-14(15-11-12)16(2)3/h9-11H,4-8H2,1-3H3. The first-order chi connectivity index (χ1) is 8.15. The molecule has 3 heteroatoms. The maximum Gasteiger partial charge on any atom is 0.164 e. The van der Waals surface area contributed by atoms with E-state index in [0.29, 0.717) is 6.42 Å². The van der Waals surface area contributed by atoms with E-state index in [2.05, 4.69) is 11.9 Å². The van der Waals surface area contributed by atoms with Crippen LogP contribution < -0.4 is 4.90 Å². The largest absolute Gasteiger partial charge is 0.363 e. The van der Waals surface area contributed by atoms with Gasteiger partial charge < -0.3 is 4.90 Å². The molecule has 0 saturated carbocycles. The van der Waals surface area contributed by atoms with E-state index in [-0.39, 0.29) is 5.78 Å². The summed E-state index contributed by atoms with van der Waals surface area (Å²) >= 11 is 0. The Balaban J connectivity index is 2.46. The Hall–Kier alpha value is -1.38. The molecule has 1 aromatic rings. The van der Waals surface area contributed by atoms with Gasteiger partial charge in [-0.3, -0.25) is 4.79 Å². The van der Waals surface area contributed by atoms with Gasteiger partial charge in [0, 0.05) is 32.3 Å². The molecule has 0 bridgehead atoms. The molecule has 0 radical (unpaired) electrons. The van der Waals surface area contributed by atoms with Crippen LogP contribution in [0.5, 0.6) is 0 Å². The van der Waals surface area contributed by atoms with Crippen molar-refractivity contribution in [2.45, 2.75) is 39.0 Å². The second kappa shape index (κ2) is 7.05. The first-order valence-electron chi connectivity index (χ1n) is 6.31. The number of carbonyl (C=O) groups is 1. The van der Waals surface area contributed by atoms with Crippen molar-refractivity contribution < 1.29 is 4.79 Å². The van der Waals surface area contributed by atoms with Crippen molar-refractivity contribution in [1.82, 2.24) is 4.98 Å². The summed E-state index contributed by atoms with van der Waals surface area (Å²) in [5, 5.41) is 0. The van der Waals surface area contributed by atoms with Crippen LogP contribution >= 0.6 is 0 Å². The molecule has 0 aromatic carbocycles. The fourth-order valence-electron chi connectivity index (χ4n) is 1.67. The molecule has 1 heterocycles. The maximum absolute atomic E-state index is 11.8. The van der Waals surface area contributed by atoms with Gasteiger partial charge in [0.05, 0.1) is 0 Å². The second-order valence-corrected chi connectivity index (χ2v) is 4.53. The van der Waals surface area contributed by atoms with Crippen molar-refractivity contribution in [3.05, 3.63) is 23.9 Å². The van der Waals surface area contributed by atoms with Crippen molar-refractivity contribution in [3.63, 3.8) is 0 Å². The Labute approximate surface area is 104 Å². The zero-order valence-electron chi connectivity index (χ0n) is 11.1. The number of pyridine rings is 1. The van der Waals surface area contributed by atoms with Crippen LogP contribution in [0.15, 0.2) is 18.3 Å². The van der Waals surface area contributed by atoms with E-state index in [1.165, 1.54) is 12.8 Å². The van der Waals surface area contributed by atoms with E-state index in [4.69, 9.17) is 0 Å². The van der Waals surface area contributed by atoms with E-state index in [9.17, 15) is 4.79 Å². The fraction of sp³-hybridized carbons (Fsp3) is 0.571. The van der Waals surface area contributed by atoms with Crippen molar-refractivity contribution in [2.75, 3.05) is 19.0 Å². The number of anilines is 1. The fourth-order valence-corrected chi connectivity index (χ4v) is 1.67. The molecule has 1 aromatic heterocycles. The van der Waals surface area contributed by atoms with Crippen LogP contribution in [0.25, 0.3) is 0 Å². The number of nitrogens with zero attached hydrogens (tertiary/aromatic N) is 2. The summed E-state index contributed by atoms with van der Waals surface area (Å²) in [7, 11) is 3.88. The molecule has 17 heavy (non-hydrogen) atoms. The topological polar surface area (TPSA) is 33.2 Å². The Morgan fingerprint density at radius 1 is 1.24 bits per heavy atom. The summed E-state index contributed by atoms with van der Waals surface area (Å²) in [5.74, 6) is 1.09. The lowest BCUT2D eigenvalue weighted by Gasteiger charge is -2.10. The lowest BCUT2D eigenvalue weighted by Crippen LogP contribution is -2.11. The van der Waals surface area contributed by atoms with Gasteiger partial charge in [0.1, 0.15) is 5.82 Å². The molecule has 0 atom stereocenters. The van der Waals surface area contributed by atoms with E-state index in [1.54, 1.807) is 6.20 Å². The van der Waals surface area contributed by atoms with Crippen LogP contribution in [0, 0.1) is 0 Å². The van der Waals surface area contributed by atoms with Gasteiger partial charge in [-0.05, 0) is 18.6 Å². The van der Waals surface area contributed by atoms with Crippen LogP contribution in [0.4, 0.5) is 5.82 Å². The first kappa shape index (κ1) is 13.7. The third kappa shape index (κ3) is 4.55. The first-order valence-corrected chi connectivity index (χ1v) is 6.31. The quantitative estimate of drug-likeness (QED) is 0.536. The van der Waals surface area contributed by atoms with E-state index < -0.39 is 0 Å². The molecule has 3 nitrogen and oxygen atoms in total. The summed E-state index contributed by atoms with van der Waals surface area (Å²) < 4.78 is 0. The number of ketones is 1. The normalized spacial score (nSPS) is 10.3. The van der Waals surface area contributed by atoms with E-state index in [0.717, 1.165) is 24.2 Å². The molecule has 0 spiro atoms. The number of Topliss-reactive ketones (excluding diaryl/α,β-unsaturated/α-hetero) is 1. The van der Waals surface area contributed by atoms with Crippen LogP contribution in [-0.2, 0) is 0 Å². The molecular formula is C14H22N2O. The van der Waals surface area contributed by atoms with Gasteiger partial charge in [0.15, 0.2) is 5.78 Å². The van der Waals surface area contributed by atoms with Gasteiger partial charge in [-0.15, -0.1) is 0 Å². The zero-order valence-corrected chi connectivity index (χ0v) is 11.1. The van der Waals surface area contributed by atoms with Gasteiger partial charge in [0.25, 0.3) is 0 Å². The molecule has 1 rings (SSSR count). The van der Waals surface area contributed by atoms with Crippen LogP contribution in [0.2, 0.25) is 0 Å². The molecule has 0 N–H and O–H groups in total. The molecule has 0 unspecified atom stereocenters. The third-order valence-electron chi connectivity index (χ3n) is 2.79. The van der Waals surface area contributed by atoms with Crippen molar-refractivity contribution in [2.24, 2.45) is 0 Å². The number of unbranched alkanes of at least 4 members (excludes halogenated alkanes) is 3. The van der Waals surface area contributed by atoms with Crippen LogP contribution in [0.3, 0.4) is 0 Å². The number of rotatable bonds is 7. The molecule has 0 aliphatic rings. The van der Waals surface area contributed by atoms with Crippen molar-refractivity contribution in [1.29, 1.82) is 0 Å². The summed E-state index contributed by atoms with van der Waals surface area (Å²) in [6.07, 6.45) is 6.87. The second-order valence-electron chi connectivity index (χ2n) is 4.53. The number of hydrogen-bond acceptors (Lipinski definition) is 3. The van der Waals surface area contributed by atoms with Crippen molar-refractivity contribution >= 4 is 11.6 Å². The lowest BCUT2D eigenvalue weighted by molar-refractivity contribution is 0.0979. The van der Waals surface area contributed by atoms with Gasteiger partial charge in [0.2, 0.25) is 0 Å². The molecule has 0 fully saturated rings. The highest BCUT2D eigenvalue weighted by Crippen LogP contribution is 2.11. The van der Waals surface area contributed by atoms with E-state index >= 15 is 0 Å². The SMILES string of the molecule is CCCCCCC(=O)c1ccc(N(C)C)nc1. The third-order valence-corrected chi connectivity index (χ3v) is 2.79. The highest BCUT2D eigenvalue weighted by atomic mass is 16.1. The summed E-state index contributed by atoms with van der Waals surface area (Å²) in [6.45, 7) is 2.17.